The molecule has 1 aromatic heterocycles. The molecule has 3 nitrogen and oxygen atoms in total. The molecule has 0 fully saturated rings. The van der Waals surface area contributed by atoms with Crippen molar-refractivity contribution < 1.29 is 0 Å². The van der Waals surface area contributed by atoms with Crippen LogP contribution < -0.4 is 5.32 Å². The second-order valence-corrected chi connectivity index (χ2v) is 4.93. The number of rotatable bonds is 2. The molecule has 0 bridgehead atoms. The van der Waals surface area contributed by atoms with E-state index in [9.17, 15) is 0 Å². The van der Waals surface area contributed by atoms with Gasteiger partial charge in [0.05, 0.1) is 11.4 Å². The maximum Gasteiger partial charge on any atom is 0.0685 e. The highest BCUT2D eigenvalue weighted by Crippen LogP contribution is 2.26. The maximum absolute atomic E-state index is 4.77. The zero-order valence-electron chi connectivity index (χ0n) is 10.2. The van der Waals surface area contributed by atoms with Crippen molar-refractivity contribution in [1.29, 1.82) is 0 Å². The zero-order valence-corrected chi connectivity index (χ0v) is 10.2. The third-order valence-electron chi connectivity index (χ3n) is 3.03. The van der Waals surface area contributed by atoms with E-state index in [0.29, 0.717) is 12.0 Å². The van der Waals surface area contributed by atoms with Crippen LogP contribution in [-0.2, 0) is 13.0 Å². The first kappa shape index (κ1) is 10.7. The fourth-order valence-electron chi connectivity index (χ4n) is 2.29. The molecule has 2 heterocycles. The highest BCUT2D eigenvalue weighted by molar-refractivity contribution is 5.31. The van der Waals surface area contributed by atoms with Gasteiger partial charge in [-0.25, -0.2) is 0 Å². The molecule has 0 unspecified atom stereocenters. The quantitative estimate of drug-likeness (QED) is 0.806. The second-order valence-electron chi connectivity index (χ2n) is 4.93. The summed E-state index contributed by atoms with van der Waals surface area (Å²) in [6, 6.07) is 0.464. The van der Waals surface area contributed by atoms with Crippen molar-refractivity contribution >= 4 is 0 Å². The van der Waals surface area contributed by atoms with Crippen LogP contribution in [0.15, 0.2) is 0 Å². The van der Waals surface area contributed by atoms with Crippen molar-refractivity contribution in [2.75, 3.05) is 6.54 Å². The summed E-state index contributed by atoms with van der Waals surface area (Å²) in [4.78, 5) is 0. The van der Waals surface area contributed by atoms with Gasteiger partial charge in [0.15, 0.2) is 0 Å². The van der Waals surface area contributed by atoms with Crippen molar-refractivity contribution in [3.05, 3.63) is 17.0 Å². The SMILES string of the molecule is CC(C)c1nn(C(C)C)c2c1CCNC2. The summed E-state index contributed by atoms with van der Waals surface area (Å²) in [5.74, 6) is 0.539. The largest absolute Gasteiger partial charge is 0.311 e. The Hall–Kier alpha value is -0.830. The van der Waals surface area contributed by atoms with E-state index in [2.05, 4.69) is 37.7 Å². The standard InChI is InChI=1S/C12H21N3/c1-8(2)12-10-5-6-13-7-11(10)15(14-12)9(3)4/h8-9,13H,5-7H2,1-4H3. The van der Waals surface area contributed by atoms with E-state index in [-0.39, 0.29) is 0 Å². The van der Waals surface area contributed by atoms with Crippen LogP contribution in [0.1, 0.15) is 56.6 Å². The summed E-state index contributed by atoms with van der Waals surface area (Å²) in [6.07, 6.45) is 1.13. The van der Waals surface area contributed by atoms with Gasteiger partial charge in [0.1, 0.15) is 0 Å². The van der Waals surface area contributed by atoms with Crippen molar-refractivity contribution in [3.8, 4) is 0 Å². The molecular weight excluding hydrogens is 186 g/mol. The molecule has 1 aliphatic heterocycles. The Morgan fingerprint density at radius 2 is 2.00 bits per heavy atom. The van der Waals surface area contributed by atoms with E-state index in [0.717, 1.165) is 19.5 Å². The molecule has 0 amide bonds. The zero-order chi connectivity index (χ0) is 11.0. The van der Waals surface area contributed by atoms with E-state index < -0.39 is 0 Å². The summed E-state index contributed by atoms with van der Waals surface area (Å²) >= 11 is 0. The van der Waals surface area contributed by atoms with Gasteiger partial charge in [-0.3, -0.25) is 4.68 Å². The number of nitrogens with zero attached hydrogens (tertiary/aromatic N) is 2. The van der Waals surface area contributed by atoms with E-state index >= 15 is 0 Å². The highest BCUT2D eigenvalue weighted by Gasteiger charge is 2.22. The van der Waals surface area contributed by atoms with Crippen molar-refractivity contribution in [2.24, 2.45) is 0 Å². The minimum Gasteiger partial charge on any atom is -0.311 e. The Kier molecular flexibility index (Phi) is 2.83. The molecule has 1 N–H and O–H groups in total. The summed E-state index contributed by atoms with van der Waals surface area (Å²) in [7, 11) is 0. The van der Waals surface area contributed by atoms with Crippen LogP contribution in [0.5, 0.6) is 0 Å². The van der Waals surface area contributed by atoms with Crippen LogP contribution in [0, 0.1) is 0 Å². The maximum atomic E-state index is 4.77. The lowest BCUT2D eigenvalue weighted by Crippen LogP contribution is -2.26. The molecule has 0 aliphatic carbocycles. The van der Waals surface area contributed by atoms with E-state index in [1.54, 1.807) is 0 Å². The molecule has 1 aliphatic rings. The van der Waals surface area contributed by atoms with Gasteiger partial charge < -0.3 is 5.32 Å². The van der Waals surface area contributed by atoms with Crippen LogP contribution in [0.3, 0.4) is 0 Å². The van der Waals surface area contributed by atoms with Crippen LogP contribution in [-0.4, -0.2) is 16.3 Å². The first-order valence-electron chi connectivity index (χ1n) is 5.92. The molecule has 3 heteroatoms. The lowest BCUT2D eigenvalue weighted by Gasteiger charge is -2.17. The monoisotopic (exact) mass is 207 g/mol. The molecule has 1 aromatic rings. The Morgan fingerprint density at radius 1 is 1.27 bits per heavy atom. The van der Waals surface area contributed by atoms with Crippen LogP contribution in [0.4, 0.5) is 0 Å². The average Bonchev–Trinajstić information content (AvgIpc) is 2.56. The Bertz CT molecular complexity index is 317. The van der Waals surface area contributed by atoms with Gasteiger partial charge in [0.25, 0.3) is 0 Å². The third kappa shape index (κ3) is 1.81. The van der Waals surface area contributed by atoms with Gasteiger partial charge >= 0.3 is 0 Å². The lowest BCUT2D eigenvalue weighted by atomic mass is 9.99. The molecule has 0 spiro atoms. The summed E-state index contributed by atoms with van der Waals surface area (Å²) in [6.45, 7) is 10.9. The Labute approximate surface area is 91.9 Å². The Balaban J connectivity index is 2.49. The number of hydrogen-bond acceptors (Lipinski definition) is 2. The molecule has 2 rings (SSSR count). The van der Waals surface area contributed by atoms with Gasteiger partial charge in [-0.05, 0) is 38.3 Å². The smallest absolute Gasteiger partial charge is 0.0685 e. The van der Waals surface area contributed by atoms with Gasteiger partial charge in [-0.15, -0.1) is 0 Å². The predicted octanol–water partition coefficient (Wildman–Crippen LogP) is 2.23. The van der Waals surface area contributed by atoms with Crippen LogP contribution in [0.25, 0.3) is 0 Å². The van der Waals surface area contributed by atoms with Gasteiger partial charge in [0, 0.05) is 12.6 Å². The first-order valence-corrected chi connectivity index (χ1v) is 5.92. The van der Waals surface area contributed by atoms with E-state index in [1.807, 2.05) is 0 Å². The first-order chi connectivity index (χ1) is 7.11. The normalized spacial score (nSPS) is 16.1. The van der Waals surface area contributed by atoms with Gasteiger partial charge in [0.2, 0.25) is 0 Å². The fourth-order valence-corrected chi connectivity index (χ4v) is 2.29. The van der Waals surface area contributed by atoms with Gasteiger partial charge in [-0.2, -0.15) is 5.10 Å². The average molecular weight is 207 g/mol. The van der Waals surface area contributed by atoms with Gasteiger partial charge in [-0.1, -0.05) is 13.8 Å². The van der Waals surface area contributed by atoms with Crippen molar-refractivity contribution in [3.63, 3.8) is 0 Å². The predicted molar refractivity (Wildman–Crippen MR) is 62.1 cm³/mol. The minimum atomic E-state index is 0.464. The molecule has 0 atom stereocenters. The number of aromatic nitrogens is 2. The summed E-state index contributed by atoms with van der Waals surface area (Å²) in [5, 5.41) is 8.20. The molecule has 0 radical (unpaired) electrons. The van der Waals surface area contributed by atoms with Crippen molar-refractivity contribution in [2.45, 2.75) is 52.6 Å². The van der Waals surface area contributed by atoms with Crippen LogP contribution in [0.2, 0.25) is 0 Å². The lowest BCUT2D eigenvalue weighted by molar-refractivity contribution is 0.483. The van der Waals surface area contributed by atoms with Crippen molar-refractivity contribution in [1.82, 2.24) is 15.1 Å². The molecule has 84 valence electrons. The molecule has 0 aromatic carbocycles. The Morgan fingerprint density at radius 3 is 2.60 bits per heavy atom. The number of nitrogens with one attached hydrogen (secondary N) is 1. The molecular formula is C12H21N3. The highest BCUT2D eigenvalue weighted by atomic mass is 15.3. The fraction of sp³-hybridized carbons (Fsp3) is 0.750. The molecule has 0 saturated heterocycles. The topological polar surface area (TPSA) is 29.9 Å². The second kappa shape index (κ2) is 3.97. The number of fused-ring (bicyclic) bond motifs is 1. The van der Waals surface area contributed by atoms with E-state index in [4.69, 9.17) is 5.10 Å². The minimum absolute atomic E-state index is 0.464. The van der Waals surface area contributed by atoms with E-state index in [1.165, 1.54) is 17.0 Å². The molecule has 15 heavy (non-hydrogen) atoms. The number of hydrogen-bond donors (Lipinski definition) is 1. The summed E-state index contributed by atoms with van der Waals surface area (Å²) in [5.41, 5.74) is 4.21. The van der Waals surface area contributed by atoms with Crippen LogP contribution >= 0.6 is 0 Å². The molecule has 0 saturated carbocycles. The summed E-state index contributed by atoms with van der Waals surface area (Å²) < 4.78 is 2.19. The third-order valence-corrected chi connectivity index (χ3v) is 3.03.